The summed E-state index contributed by atoms with van der Waals surface area (Å²) >= 11 is 0. The molecular formula is C9H12O4. The molecule has 0 saturated heterocycles. The van der Waals surface area contributed by atoms with E-state index in [-0.39, 0.29) is 11.1 Å². The number of aliphatic hydroxyl groups is 2. The van der Waals surface area contributed by atoms with Crippen LogP contribution in [0.2, 0.25) is 0 Å². The molecule has 13 heavy (non-hydrogen) atoms. The number of rotatable bonds is 1. The first-order valence-corrected chi connectivity index (χ1v) is 3.94. The molecule has 4 nitrogen and oxygen atoms in total. The van der Waals surface area contributed by atoms with Gasteiger partial charge in [-0.15, -0.1) is 0 Å². The quantitative estimate of drug-likeness (QED) is 0.511. The molecule has 0 aromatic rings. The summed E-state index contributed by atoms with van der Waals surface area (Å²) < 4.78 is 0. The molecule has 1 aliphatic carbocycles. The average molecular weight is 184 g/mol. The van der Waals surface area contributed by atoms with Crippen molar-refractivity contribution < 1.29 is 20.1 Å². The molecule has 3 N–H and O–H groups in total. The van der Waals surface area contributed by atoms with Gasteiger partial charge in [0.15, 0.2) is 5.79 Å². The summed E-state index contributed by atoms with van der Waals surface area (Å²) in [4.78, 5) is 10.6. The molecule has 0 saturated carbocycles. The first-order valence-electron chi connectivity index (χ1n) is 3.94. The summed E-state index contributed by atoms with van der Waals surface area (Å²) in [6.45, 7) is 3.05. The molecule has 0 aromatic carbocycles. The Balaban J connectivity index is 3.07. The Morgan fingerprint density at radius 2 is 2.08 bits per heavy atom. The van der Waals surface area contributed by atoms with Crippen molar-refractivity contribution in [3.8, 4) is 0 Å². The van der Waals surface area contributed by atoms with E-state index >= 15 is 0 Å². The largest absolute Gasteiger partial charge is 0.478 e. The highest BCUT2D eigenvalue weighted by atomic mass is 16.5. The van der Waals surface area contributed by atoms with Gasteiger partial charge in [0.25, 0.3) is 0 Å². The van der Waals surface area contributed by atoms with E-state index in [1.54, 1.807) is 6.92 Å². The lowest BCUT2D eigenvalue weighted by atomic mass is 9.86. The summed E-state index contributed by atoms with van der Waals surface area (Å²) in [5.41, 5.74) is 0.351. The molecule has 1 atom stereocenters. The number of carboxylic acids is 1. The number of carboxylic acid groups (broad SMARTS) is 1. The van der Waals surface area contributed by atoms with Gasteiger partial charge in [0, 0.05) is 5.92 Å². The topological polar surface area (TPSA) is 77.8 Å². The molecule has 1 unspecified atom stereocenters. The maximum atomic E-state index is 10.6. The molecule has 0 heterocycles. The van der Waals surface area contributed by atoms with Gasteiger partial charge in [-0.25, -0.2) is 4.79 Å². The second kappa shape index (κ2) is 2.97. The Morgan fingerprint density at radius 3 is 2.46 bits per heavy atom. The van der Waals surface area contributed by atoms with Crippen molar-refractivity contribution in [1.29, 1.82) is 0 Å². The third-order valence-electron chi connectivity index (χ3n) is 2.26. The van der Waals surface area contributed by atoms with Gasteiger partial charge < -0.3 is 15.3 Å². The Kier molecular flexibility index (Phi) is 2.28. The highest BCUT2D eigenvalue weighted by Crippen LogP contribution is 2.30. The van der Waals surface area contributed by atoms with Gasteiger partial charge in [-0.05, 0) is 18.6 Å². The molecular weight excluding hydrogens is 172 g/mol. The standard InChI is InChI=1S/C9H12O4/c1-5-3-7(8(10)11)4-6(2)9(5,12)13/h3-5,12-13H,1-2H3,(H,10,11). The van der Waals surface area contributed by atoms with Crippen LogP contribution in [0.3, 0.4) is 0 Å². The van der Waals surface area contributed by atoms with E-state index in [0.29, 0.717) is 0 Å². The van der Waals surface area contributed by atoms with E-state index < -0.39 is 17.7 Å². The lowest BCUT2D eigenvalue weighted by Crippen LogP contribution is -2.38. The average Bonchev–Trinajstić information content (AvgIpc) is 2.00. The fraction of sp³-hybridized carbons (Fsp3) is 0.444. The maximum Gasteiger partial charge on any atom is 0.335 e. The lowest BCUT2D eigenvalue weighted by molar-refractivity contribution is -0.154. The highest BCUT2D eigenvalue weighted by Gasteiger charge is 2.35. The minimum atomic E-state index is -1.92. The fourth-order valence-electron chi connectivity index (χ4n) is 1.27. The van der Waals surface area contributed by atoms with Gasteiger partial charge >= 0.3 is 5.97 Å². The predicted molar refractivity (Wildman–Crippen MR) is 45.8 cm³/mol. The van der Waals surface area contributed by atoms with Crippen molar-refractivity contribution in [3.05, 3.63) is 23.3 Å². The minimum absolute atomic E-state index is 0.101. The summed E-state index contributed by atoms with van der Waals surface area (Å²) in [5, 5.41) is 27.6. The van der Waals surface area contributed by atoms with Crippen LogP contribution in [0.1, 0.15) is 13.8 Å². The van der Waals surface area contributed by atoms with Crippen LogP contribution in [-0.4, -0.2) is 27.1 Å². The minimum Gasteiger partial charge on any atom is -0.478 e. The summed E-state index contributed by atoms with van der Waals surface area (Å²) in [6, 6.07) is 0. The second-order valence-electron chi connectivity index (χ2n) is 3.27. The SMILES string of the molecule is CC1=CC(C(=O)O)=CC(C)C1(O)O. The van der Waals surface area contributed by atoms with Gasteiger partial charge in [0.1, 0.15) is 0 Å². The molecule has 0 amide bonds. The van der Waals surface area contributed by atoms with Gasteiger partial charge in [-0.1, -0.05) is 13.0 Å². The Labute approximate surface area is 75.8 Å². The van der Waals surface area contributed by atoms with Crippen molar-refractivity contribution in [1.82, 2.24) is 0 Å². The monoisotopic (exact) mass is 184 g/mol. The molecule has 0 aromatic heterocycles. The lowest BCUT2D eigenvalue weighted by Gasteiger charge is -2.30. The van der Waals surface area contributed by atoms with Gasteiger partial charge in [-0.3, -0.25) is 0 Å². The maximum absolute atomic E-state index is 10.6. The molecule has 1 aliphatic rings. The fourth-order valence-corrected chi connectivity index (χ4v) is 1.27. The van der Waals surface area contributed by atoms with E-state index in [1.165, 1.54) is 19.1 Å². The van der Waals surface area contributed by atoms with Crippen molar-refractivity contribution in [2.24, 2.45) is 5.92 Å². The number of carbonyl (C=O) groups is 1. The van der Waals surface area contributed by atoms with Gasteiger partial charge in [-0.2, -0.15) is 0 Å². The Hall–Kier alpha value is -1.13. The molecule has 0 spiro atoms. The first kappa shape index (κ1) is 9.95. The van der Waals surface area contributed by atoms with Crippen molar-refractivity contribution in [3.63, 3.8) is 0 Å². The van der Waals surface area contributed by atoms with E-state index in [1.807, 2.05) is 0 Å². The third-order valence-corrected chi connectivity index (χ3v) is 2.26. The zero-order valence-corrected chi connectivity index (χ0v) is 7.48. The molecule has 0 bridgehead atoms. The van der Waals surface area contributed by atoms with Gasteiger partial charge in [0.2, 0.25) is 0 Å². The van der Waals surface area contributed by atoms with E-state index in [0.717, 1.165) is 0 Å². The zero-order chi connectivity index (χ0) is 10.2. The summed E-state index contributed by atoms with van der Waals surface area (Å²) in [7, 11) is 0. The van der Waals surface area contributed by atoms with Crippen LogP contribution in [0.4, 0.5) is 0 Å². The van der Waals surface area contributed by atoms with Gasteiger partial charge in [0.05, 0.1) is 5.57 Å². The molecule has 0 radical (unpaired) electrons. The van der Waals surface area contributed by atoms with Crippen LogP contribution < -0.4 is 0 Å². The smallest absolute Gasteiger partial charge is 0.335 e. The normalized spacial score (nSPS) is 26.3. The number of aliphatic carboxylic acids is 1. The molecule has 72 valence electrons. The summed E-state index contributed by atoms with van der Waals surface area (Å²) in [6.07, 6.45) is 2.59. The van der Waals surface area contributed by atoms with Crippen LogP contribution in [0.5, 0.6) is 0 Å². The van der Waals surface area contributed by atoms with E-state index in [2.05, 4.69) is 0 Å². The van der Waals surface area contributed by atoms with Crippen LogP contribution in [0.15, 0.2) is 23.3 Å². The Bertz CT molecular complexity index is 299. The van der Waals surface area contributed by atoms with Crippen LogP contribution in [-0.2, 0) is 4.79 Å². The first-order chi connectivity index (χ1) is 5.85. The van der Waals surface area contributed by atoms with Crippen molar-refractivity contribution in [2.45, 2.75) is 19.6 Å². The molecule has 1 rings (SSSR count). The Morgan fingerprint density at radius 1 is 1.54 bits per heavy atom. The van der Waals surface area contributed by atoms with E-state index in [4.69, 9.17) is 5.11 Å². The van der Waals surface area contributed by atoms with Crippen LogP contribution in [0, 0.1) is 5.92 Å². The van der Waals surface area contributed by atoms with Crippen molar-refractivity contribution >= 4 is 5.97 Å². The molecule has 4 heteroatoms. The third kappa shape index (κ3) is 1.64. The van der Waals surface area contributed by atoms with Crippen LogP contribution in [0.25, 0.3) is 0 Å². The molecule has 0 fully saturated rings. The number of hydrogen-bond acceptors (Lipinski definition) is 3. The second-order valence-corrected chi connectivity index (χ2v) is 3.27. The van der Waals surface area contributed by atoms with E-state index in [9.17, 15) is 15.0 Å². The zero-order valence-electron chi connectivity index (χ0n) is 7.48. The van der Waals surface area contributed by atoms with Crippen molar-refractivity contribution in [2.75, 3.05) is 0 Å². The summed E-state index contributed by atoms with van der Waals surface area (Å²) in [5.74, 6) is -3.58. The predicted octanol–water partition coefficient (Wildman–Crippen LogP) is 0.274. The number of hydrogen-bond donors (Lipinski definition) is 3. The highest BCUT2D eigenvalue weighted by molar-refractivity contribution is 5.90. The molecule has 0 aliphatic heterocycles. The van der Waals surface area contributed by atoms with Crippen LogP contribution >= 0.6 is 0 Å².